The van der Waals surface area contributed by atoms with Crippen molar-refractivity contribution in [3.8, 4) is 0 Å². The maximum Gasteiger partial charge on any atom is 0.139 e. The standard InChI is InChI=1S/C6H8NO/c1-5(2)6-3-7-8-4-6/h4-5H,1-2H3. The van der Waals surface area contributed by atoms with Crippen LogP contribution in [0.4, 0.5) is 0 Å². The van der Waals surface area contributed by atoms with Gasteiger partial charge in [0.05, 0.1) is 0 Å². The second-order valence-electron chi connectivity index (χ2n) is 2.04. The van der Waals surface area contributed by atoms with Gasteiger partial charge < -0.3 is 4.52 Å². The minimum absolute atomic E-state index is 0.473. The lowest BCUT2D eigenvalue weighted by Crippen LogP contribution is -1.80. The predicted molar refractivity (Wildman–Crippen MR) is 29.4 cm³/mol. The fraction of sp³-hybridized carbons (Fsp3) is 0.500. The van der Waals surface area contributed by atoms with E-state index in [1.165, 1.54) is 0 Å². The van der Waals surface area contributed by atoms with Crippen LogP contribution in [-0.2, 0) is 0 Å². The molecule has 0 bridgehead atoms. The molecular weight excluding hydrogens is 102 g/mol. The van der Waals surface area contributed by atoms with Gasteiger partial charge >= 0.3 is 0 Å². The first-order chi connectivity index (χ1) is 3.80. The minimum atomic E-state index is 0.473. The fourth-order valence-corrected chi connectivity index (χ4v) is 0.454. The summed E-state index contributed by atoms with van der Waals surface area (Å²) in [6, 6.07) is 0. The van der Waals surface area contributed by atoms with E-state index in [0.717, 1.165) is 5.56 Å². The molecule has 43 valence electrons. The molecule has 2 nitrogen and oxygen atoms in total. The molecule has 0 spiro atoms. The Morgan fingerprint density at radius 3 is 2.75 bits per heavy atom. The minimum Gasteiger partial charge on any atom is -0.364 e. The van der Waals surface area contributed by atoms with Gasteiger partial charge in [-0.05, 0) is 5.92 Å². The Hall–Kier alpha value is -0.790. The predicted octanol–water partition coefficient (Wildman–Crippen LogP) is 1.60. The van der Waals surface area contributed by atoms with Crippen LogP contribution in [0.3, 0.4) is 0 Å². The number of hydrogen-bond acceptors (Lipinski definition) is 2. The summed E-state index contributed by atoms with van der Waals surface area (Å²) in [6.07, 6.45) is 4.34. The summed E-state index contributed by atoms with van der Waals surface area (Å²) in [5.41, 5.74) is 1.03. The van der Waals surface area contributed by atoms with Crippen molar-refractivity contribution in [2.24, 2.45) is 0 Å². The highest BCUT2D eigenvalue weighted by Crippen LogP contribution is 2.10. The number of aromatic nitrogens is 1. The largest absolute Gasteiger partial charge is 0.364 e. The van der Waals surface area contributed by atoms with Gasteiger partial charge in [0, 0.05) is 5.56 Å². The summed E-state index contributed by atoms with van der Waals surface area (Å²) in [5.74, 6) is 0.473. The summed E-state index contributed by atoms with van der Waals surface area (Å²) in [7, 11) is 0. The first-order valence-electron chi connectivity index (χ1n) is 2.62. The Bertz CT molecular complexity index is 144. The highest BCUT2D eigenvalue weighted by atomic mass is 16.5. The molecule has 0 saturated heterocycles. The molecule has 8 heavy (non-hydrogen) atoms. The molecule has 0 atom stereocenters. The van der Waals surface area contributed by atoms with E-state index in [9.17, 15) is 0 Å². The molecule has 2 heteroatoms. The lowest BCUT2D eigenvalue weighted by Gasteiger charge is -1.92. The van der Waals surface area contributed by atoms with E-state index in [2.05, 4.69) is 29.7 Å². The van der Waals surface area contributed by atoms with Crippen LogP contribution in [-0.4, -0.2) is 5.16 Å². The van der Waals surface area contributed by atoms with Crippen molar-refractivity contribution in [2.45, 2.75) is 19.8 Å². The van der Waals surface area contributed by atoms with Crippen molar-refractivity contribution in [3.05, 3.63) is 18.0 Å². The molecule has 1 rings (SSSR count). The first kappa shape index (κ1) is 5.35. The third-order valence-electron chi connectivity index (χ3n) is 1.03. The molecule has 0 aliphatic carbocycles. The van der Waals surface area contributed by atoms with Crippen LogP contribution >= 0.6 is 0 Å². The quantitative estimate of drug-likeness (QED) is 0.548. The smallest absolute Gasteiger partial charge is 0.139 e. The van der Waals surface area contributed by atoms with Crippen molar-refractivity contribution >= 4 is 0 Å². The lowest BCUT2D eigenvalue weighted by atomic mass is 10.1. The third-order valence-corrected chi connectivity index (χ3v) is 1.03. The van der Waals surface area contributed by atoms with E-state index in [1.54, 1.807) is 6.26 Å². The van der Waals surface area contributed by atoms with Crippen LogP contribution < -0.4 is 0 Å². The zero-order chi connectivity index (χ0) is 5.98. The van der Waals surface area contributed by atoms with Gasteiger partial charge in [-0.25, -0.2) is 0 Å². The van der Waals surface area contributed by atoms with Gasteiger partial charge in [-0.3, -0.25) is 0 Å². The number of nitrogens with zero attached hydrogens (tertiary/aromatic N) is 1. The van der Waals surface area contributed by atoms with Crippen LogP contribution in [0.25, 0.3) is 0 Å². The van der Waals surface area contributed by atoms with E-state index < -0.39 is 0 Å². The average molecular weight is 110 g/mol. The van der Waals surface area contributed by atoms with Crippen LogP contribution in [0.5, 0.6) is 0 Å². The van der Waals surface area contributed by atoms with E-state index in [4.69, 9.17) is 0 Å². The Balaban J connectivity index is 2.77. The maximum atomic E-state index is 4.57. The van der Waals surface area contributed by atoms with Crippen LogP contribution in [0.1, 0.15) is 25.3 Å². The van der Waals surface area contributed by atoms with Crippen molar-refractivity contribution in [1.82, 2.24) is 5.16 Å². The van der Waals surface area contributed by atoms with Gasteiger partial charge in [0.1, 0.15) is 12.5 Å². The van der Waals surface area contributed by atoms with Crippen LogP contribution in [0.2, 0.25) is 0 Å². The zero-order valence-electron chi connectivity index (χ0n) is 5.01. The van der Waals surface area contributed by atoms with E-state index in [-0.39, 0.29) is 0 Å². The van der Waals surface area contributed by atoms with E-state index in [1.807, 2.05) is 0 Å². The molecular formula is C6H8NO. The lowest BCUT2D eigenvalue weighted by molar-refractivity contribution is 0.417. The molecule has 1 aromatic rings. The van der Waals surface area contributed by atoms with Gasteiger partial charge in [0.2, 0.25) is 0 Å². The SMILES string of the molecule is CC(C)c1[c]noc1. The molecule has 0 aromatic carbocycles. The number of hydrogen-bond donors (Lipinski definition) is 0. The highest BCUT2D eigenvalue weighted by Gasteiger charge is 1.99. The third kappa shape index (κ3) is 0.886. The van der Waals surface area contributed by atoms with Gasteiger partial charge in [-0.2, -0.15) is 0 Å². The topological polar surface area (TPSA) is 26.0 Å². The van der Waals surface area contributed by atoms with Gasteiger partial charge in [-0.15, -0.1) is 0 Å². The van der Waals surface area contributed by atoms with Crippen molar-refractivity contribution in [1.29, 1.82) is 0 Å². The average Bonchev–Trinajstić information content (AvgIpc) is 2.12. The molecule has 0 unspecified atom stereocenters. The Kier molecular flexibility index (Phi) is 1.33. The maximum absolute atomic E-state index is 4.57. The van der Waals surface area contributed by atoms with Crippen molar-refractivity contribution in [3.63, 3.8) is 0 Å². The molecule has 1 radical (unpaired) electrons. The normalized spacial score (nSPS) is 10.4. The molecule has 0 fully saturated rings. The summed E-state index contributed by atoms with van der Waals surface area (Å²) < 4.78 is 4.57. The molecule has 0 aliphatic rings. The Morgan fingerprint density at radius 1 is 1.75 bits per heavy atom. The van der Waals surface area contributed by atoms with Crippen molar-refractivity contribution < 1.29 is 4.52 Å². The summed E-state index contributed by atoms with van der Waals surface area (Å²) in [5, 5.41) is 3.44. The van der Waals surface area contributed by atoms with Crippen LogP contribution in [0.15, 0.2) is 10.8 Å². The number of rotatable bonds is 1. The van der Waals surface area contributed by atoms with Gasteiger partial charge in [-0.1, -0.05) is 19.0 Å². The highest BCUT2D eigenvalue weighted by molar-refractivity contribution is 5.03. The summed E-state index contributed by atoms with van der Waals surface area (Å²) in [6.45, 7) is 4.14. The summed E-state index contributed by atoms with van der Waals surface area (Å²) >= 11 is 0. The van der Waals surface area contributed by atoms with Crippen molar-refractivity contribution in [2.75, 3.05) is 0 Å². The van der Waals surface area contributed by atoms with E-state index in [0.29, 0.717) is 5.92 Å². The van der Waals surface area contributed by atoms with Gasteiger partial charge in [0.25, 0.3) is 0 Å². The molecule has 0 saturated carbocycles. The second-order valence-corrected chi connectivity index (χ2v) is 2.04. The Morgan fingerprint density at radius 2 is 2.50 bits per heavy atom. The monoisotopic (exact) mass is 110 g/mol. The molecule has 0 amide bonds. The van der Waals surface area contributed by atoms with Crippen LogP contribution in [0, 0.1) is 6.20 Å². The zero-order valence-corrected chi connectivity index (χ0v) is 5.01. The van der Waals surface area contributed by atoms with E-state index >= 15 is 0 Å². The summed E-state index contributed by atoms with van der Waals surface area (Å²) in [4.78, 5) is 0. The molecule has 0 N–H and O–H groups in total. The molecule has 0 aliphatic heterocycles. The fourth-order valence-electron chi connectivity index (χ4n) is 0.454. The van der Waals surface area contributed by atoms with Gasteiger partial charge in [0.15, 0.2) is 0 Å². The second kappa shape index (κ2) is 1.99. The Labute approximate surface area is 48.5 Å². The molecule has 1 aromatic heterocycles. The molecule has 1 heterocycles. The first-order valence-corrected chi connectivity index (χ1v) is 2.62.